The topological polar surface area (TPSA) is 41.1 Å². The Morgan fingerprint density at radius 2 is 2.00 bits per heavy atom. The first-order valence-electron chi connectivity index (χ1n) is 5.64. The van der Waals surface area contributed by atoms with E-state index in [-0.39, 0.29) is 5.91 Å². The van der Waals surface area contributed by atoms with Gasteiger partial charge in [0.1, 0.15) is 0 Å². The molecule has 1 rings (SSSR count). The highest BCUT2D eigenvalue weighted by molar-refractivity contribution is 5.77. The Morgan fingerprint density at radius 1 is 1.36 bits per heavy atom. The molecule has 3 nitrogen and oxygen atoms in total. The number of carbonyl (C=O) groups excluding carboxylic acids is 1. The molecule has 1 fully saturated rings. The van der Waals surface area contributed by atoms with E-state index in [1.807, 2.05) is 0 Å². The quantitative estimate of drug-likeness (QED) is 0.699. The monoisotopic (exact) mass is 198 g/mol. The zero-order valence-electron chi connectivity index (χ0n) is 9.36. The van der Waals surface area contributed by atoms with E-state index in [4.69, 9.17) is 0 Å². The lowest BCUT2D eigenvalue weighted by molar-refractivity contribution is -0.120. The van der Waals surface area contributed by atoms with Gasteiger partial charge in [0.25, 0.3) is 0 Å². The van der Waals surface area contributed by atoms with Crippen LogP contribution in [0.3, 0.4) is 0 Å². The average Bonchev–Trinajstić information content (AvgIpc) is 2.65. The number of hydrogen-bond acceptors (Lipinski definition) is 2. The molecule has 0 spiro atoms. The number of nitrogens with one attached hydrogen (secondary N) is 2. The fraction of sp³-hybridized carbons (Fsp3) is 0.909. The molecule has 14 heavy (non-hydrogen) atoms. The van der Waals surface area contributed by atoms with E-state index in [1.54, 1.807) is 7.05 Å². The molecule has 0 saturated heterocycles. The van der Waals surface area contributed by atoms with Crippen molar-refractivity contribution >= 4 is 5.91 Å². The van der Waals surface area contributed by atoms with Crippen LogP contribution < -0.4 is 10.6 Å². The normalized spacial score (nSPS) is 19.6. The van der Waals surface area contributed by atoms with E-state index in [1.165, 1.54) is 32.1 Å². The maximum Gasteiger partial charge on any atom is 0.233 e. The maximum absolute atomic E-state index is 11.3. The predicted molar refractivity (Wildman–Crippen MR) is 58.1 cm³/mol. The highest BCUT2D eigenvalue weighted by Gasteiger charge is 2.31. The van der Waals surface area contributed by atoms with Gasteiger partial charge in [-0.1, -0.05) is 19.8 Å². The molecule has 0 aromatic carbocycles. The first-order valence-corrected chi connectivity index (χ1v) is 5.64. The van der Waals surface area contributed by atoms with Gasteiger partial charge in [0.05, 0.1) is 6.54 Å². The van der Waals surface area contributed by atoms with Crippen LogP contribution in [0.1, 0.15) is 39.0 Å². The van der Waals surface area contributed by atoms with Crippen LogP contribution in [0.15, 0.2) is 0 Å². The zero-order valence-corrected chi connectivity index (χ0v) is 9.36. The standard InChI is InChI=1S/C11H22N2O/c1-3-11(6-4-5-7-11)9-13-10(14)8-12-2/h12H,3-9H2,1-2H3,(H,13,14). The van der Waals surface area contributed by atoms with Crippen LogP contribution in [0.25, 0.3) is 0 Å². The van der Waals surface area contributed by atoms with Crippen LogP contribution in [0.5, 0.6) is 0 Å². The van der Waals surface area contributed by atoms with Crippen LogP contribution in [0.2, 0.25) is 0 Å². The second-order valence-electron chi connectivity index (χ2n) is 4.37. The molecule has 3 heteroatoms. The number of likely N-dealkylation sites (N-methyl/N-ethyl adjacent to an activating group) is 1. The second-order valence-corrected chi connectivity index (χ2v) is 4.37. The molecule has 0 bridgehead atoms. The van der Waals surface area contributed by atoms with Crippen molar-refractivity contribution in [3.8, 4) is 0 Å². The summed E-state index contributed by atoms with van der Waals surface area (Å²) in [5.74, 6) is 0.118. The summed E-state index contributed by atoms with van der Waals surface area (Å²) < 4.78 is 0. The van der Waals surface area contributed by atoms with E-state index in [2.05, 4.69) is 17.6 Å². The number of carbonyl (C=O) groups is 1. The number of amides is 1. The van der Waals surface area contributed by atoms with Crippen molar-refractivity contribution in [3.05, 3.63) is 0 Å². The third kappa shape index (κ3) is 2.98. The smallest absolute Gasteiger partial charge is 0.233 e. The lowest BCUT2D eigenvalue weighted by atomic mass is 9.83. The first-order chi connectivity index (χ1) is 6.72. The summed E-state index contributed by atoms with van der Waals surface area (Å²) in [6.45, 7) is 3.53. The van der Waals surface area contributed by atoms with E-state index in [9.17, 15) is 4.79 Å². The van der Waals surface area contributed by atoms with Crippen LogP contribution in [0.4, 0.5) is 0 Å². The fourth-order valence-corrected chi connectivity index (χ4v) is 2.29. The average molecular weight is 198 g/mol. The van der Waals surface area contributed by atoms with Crippen LogP contribution >= 0.6 is 0 Å². The maximum atomic E-state index is 11.3. The summed E-state index contributed by atoms with van der Waals surface area (Å²) in [6, 6.07) is 0. The summed E-state index contributed by atoms with van der Waals surface area (Å²) in [4.78, 5) is 11.3. The Bertz CT molecular complexity index is 186. The Balaban J connectivity index is 2.30. The molecule has 0 aliphatic heterocycles. The van der Waals surface area contributed by atoms with E-state index in [0.29, 0.717) is 12.0 Å². The molecule has 1 saturated carbocycles. The van der Waals surface area contributed by atoms with Gasteiger partial charge in [0, 0.05) is 6.54 Å². The molecule has 0 atom stereocenters. The summed E-state index contributed by atoms with van der Waals surface area (Å²) in [7, 11) is 1.80. The highest BCUT2D eigenvalue weighted by Crippen LogP contribution is 2.40. The SMILES string of the molecule is CCC1(CNC(=O)CNC)CCCC1. The van der Waals surface area contributed by atoms with Crippen molar-refractivity contribution in [3.63, 3.8) is 0 Å². The largest absolute Gasteiger partial charge is 0.354 e. The lowest BCUT2D eigenvalue weighted by Gasteiger charge is -2.27. The van der Waals surface area contributed by atoms with Crippen molar-refractivity contribution in [1.29, 1.82) is 0 Å². The molecule has 1 amide bonds. The molecule has 0 aromatic heterocycles. The van der Waals surface area contributed by atoms with Gasteiger partial charge in [-0.2, -0.15) is 0 Å². The third-order valence-corrected chi connectivity index (χ3v) is 3.41. The van der Waals surface area contributed by atoms with Crippen molar-refractivity contribution in [2.45, 2.75) is 39.0 Å². The van der Waals surface area contributed by atoms with Crippen molar-refractivity contribution in [2.75, 3.05) is 20.1 Å². The molecule has 0 aromatic rings. The molecule has 0 radical (unpaired) electrons. The molecule has 1 aliphatic carbocycles. The highest BCUT2D eigenvalue weighted by atomic mass is 16.1. The van der Waals surface area contributed by atoms with Crippen LogP contribution in [0, 0.1) is 5.41 Å². The summed E-state index contributed by atoms with van der Waals surface area (Å²) in [6.07, 6.45) is 6.41. The van der Waals surface area contributed by atoms with Crippen molar-refractivity contribution in [1.82, 2.24) is 10.6 Å². The lowest BCUT2D eigenvalue weighted by Crippen LogP contribution is -2.39. The molecule has 2 N–H and O–H groups in total. The van der Waals surface area contributed by atoms with Crippen LogP contribution in [-0.4, -0.2) is 26.0 Å². The molecular weight excluding hydrogens is 176 g/mol. The Hall–Kier alpha value is -0.570. The van der Waals surface area contributed by atoms with Crippen LogP contribution in [-0.2, 0) is 4.79 Å². The van der Waals surface area contributed by atoms with Gasteiger partial charge in [-0.25, -0.2) is 0 Å². The van der Waals surface area contributed by atoms with Gasteiger partial charge < -0.3 is 10.6 Å². The third-order valence-electron chi connectivity index (χ3n) is 3.41. The van der Waals surface area contributed by atoms with Gasteiger partial charge in [0.15, 0.2) is 0 Å². The zero-order chi connectivity index (χ0) is 10.4. The number of hydrogen-bond donors (Lipinski definition) is 2. The number of rotatable bonds is 5. The molecule has 0 heterocycles. The molecule has 0 unspecified atom stereocenters. The predicted octanol–water partition coefficient (Wildman–Crippen LogP) is 1.29. The second kappa shape index (κ2) is 5.35. The van der Waals surface area contributed by atoms with Gasteiger partial charge in [-0.05, 0) is 31.7 Å². The van der Waals surface area contributed by atoms with Gasteiger partial charge in [-0.3, -0.25) is 4.79 Å². The molecule has 1 aliphatic rings. The Morgan fingerprint density at radius 3 is 2.50 bits per heavy atom. The summed E-state index contributed by atoms with van der Waals surface area (Å²) in [5, 5.41) is 5.88. The first kappa shape index (κ1) is 11.5. The Kier molecular flexibility index (Phi) is 4.39. The van der Waals surface area contributed by atoms with Gasteiger partial charge in [0.2, 0.25) is 5.91 Å². The minimum atomic E-state index is 0.118. The molecule has 82 valence electrons. The van der Waals surface area contributed by atoms with Gasteiger partial charge >= 0.3 is 0 Å². The van der Waals surface area contributed by atoms with E-state index >= 15 is 0 Å². The molecular formula is C11H22N2O. The van der Waals surface area contributed by atoms with Crippen molar-refractivity contribution in [2.24, 2.45) is 5.41 Å². The Labute approximate surface area is 86.6 Å². The van der Waals surface area contributed by atoms with E-state index < -0.39 is 0 Å². The summed E-state index contributed by atoms with van der Waals surface area (Å²) >= 11 is 0. The van der Waals surface area contributed by atoms with E-state index in [0.717, 1.165) is 6.54 Å². The fourth-order valence-electron chi connectivity index (χ4n) is 2.29. The summed E-state index contributed by atoms with van der Waals surface area (Å²) in [5.41, 5.74) is 0.406. The minimum absolute atomic E-state index is 0.118. The minimum Gasteiger partial charge on any atom is -0.354 e. The van der Waals surface area contributed by atoms with Crippen molar-refractivity contribution < 1.29 is 4.79 Å². The van der Waals surface area contributed by atoms with Gasteiger partial charge in [-0.15, -0.1) is 0 Å².